The van der Waals surface area contributed by atoms with Crippen LogP contribution in [0.25, 0.3) is 0 Å². The first-order valence-corrected chi connectivity index (χ1v) is 9.96. The van der Waals surface area contributed by atoms with E-state index in [1.165, 1.54) is 24.3 Å². The van der Waals surface area contributed by atoms with Gasteiger partial charge in [0, 0.05) is 13.0 Å². The summed E-state index contributed by atoms with van der Waals surface area (Å²) < 4.78 is 38.4. The van der Waals surface area contributed by atoms with Gasteiger partial charge in [0.05, 0.1) is 6.20 Å². The van der Waals surface area contributed by atoms with Crippen LogP contribution in [0.3, 0.4) is 0 Å². The van der Waals surface area contributed by atoms with Crippen molar-refractivity contribution in [1.29, 1.82) is 0 Å². The van der Waals surface area contributed by atoms with Crippen molar-refractivity contribution < 1.29 is 22.7 Å². The van der Waals surface area contributed by atoms with Gasteiger partial charge in [-0.3, -0.25) is 4.79 Å². The van der Waals surface area contributed by atoms with Crippen molar-refractivity contribution in [3.05, 3.63) is 83.6 Å². The SMILES string of the molecule is O=C(COc1ccccc1F)N1CCCC[C@@H]1c1ncc(Cc2cccc(F)c2)o1. The van der Waals surface area contributed by atoms with E-state index in [0.717, 1.165) is 24.8 Å². The number of carbonyl (C=O) groups is 1. The number of benzene rings is 2. The van der Waals surface area contributed by atoms with Crippen LogP contribution in [0.15, 0.2) is 59.1 Å². The topological polar surface area (TPSA) is 55.6 Å². The fourth-order valence-electron chi connectivity index (χ4n) is 3.68. The fourth-order valence-corrected chi connectivity index (χ4v) is 3.68. The van der Waals surface area contributed by atoms with E-state index in [9.17, 15) is 13.6 Å². The van der Waals surface area contributed by atoms with Gasteiger partial charge in [-0.1, -0.05) is 24.3 Å². The summed E-state index contributed by atoms with van der Waals surface area (Å²) in [6.07, 6.45) is 4.59. The van der Waals surface area contributed by atoms with Gasteiger partial charge in [-0.25, -0.2) is 13.8 Å². The molecule has 4 rings (SSSR count). The molecule has 1 aromatic heterocycles. The van der Waals surface area contributed by atoms with Crippen molar-refractivity contribution in [1.82, 2.24) is 9.88 Å². The van der Waals surface area contributed by atoms with Crippen molar-refractivity contribution in [3.63, 3.8) is 0 Å². The standard InChI is InChI=1S/C23H22F2N2O3/c24-17-7-5-6-16(12-17)13-18-14-26-23(30-18)20-9-3-4-11-27(20)22(28)15-29-21-10-2-1-8-19(21)25/h1-2,5-8,10,12,14,20H,3-4,9,11,13,15H2/t20-/m1/s1. The number of ether oxygens (including phenoxy) is 1. The lowest BCUT2D eigenvalue weighted by Gasteiger charge is -2.33. The normalized spacial score (nSPS) is 16.5. The Hall–Kier alpha value is -3.22. The molecular weight excluding hydrogens is 390 g/mol. The number of nitrogens with zero attached hydrogens (tertiary/aromatic N) is 2. The number of aromatic nitrogens is 1. The minimum atomic E-state index is -0.504. The molecule has 0 bridgehead atoms. The highest BCUT2D eigenvalue weighted by atomic mass is 19.1. The number of oxazole rings is 1. The highest BCUT2D eigenvalue weighted by molar-refractivity contribution is 5.78. The second kappa shape index (κ2) is 9.07. The van der Waals surface area contributed by atoms with Gasteiger partial charge < -0.3 is 14.1 Å². The molecule has 0 unspecified atom stereocenters. The van der Waals surface area contributed by atoms with Crippen molar-refractivity contribution in [2.24, 2.45) is 0 Å². The number of halogens is 2. The molecule has 2 heterocycles. The Balaban J connectivity index is 1.44. The van der Waals surface area contributed by atoms with E-state index in [0.29, 0.717) is 24.6 Å². The van der Waals surface area contributed by atoms with Gasteiger partial charge in [0.25, 0.3) is 5.91 Å². The van der Waals surface area contributed by atoms with Gasteiger partial charge in [-0.15, -0.1) is 0 Å². The smallest absolute Gasteiger partial charge is 0.261 e. The molecule has 1 aliphatic rings. The largest absolute Gasteiger partial charge is 0.481 e. The third-order valence-electron chi connectivity index (χ3n) is 5.13. The zero-order valence-electron chi connectivity index (χ0n) is 16.4. The van der Waals surface area contributed by atoms with E-state index in [1.807, 2.05) is 6.07 Å². The number of piperidine rings is 1. The Bertz CT molecular complexity index is 1020. The highest BCUT2D eigenvalue weighted by Crippen LogP contribution is 2.31. The van der Waals surface area contributed by atoms with Crippen molar-refractivity contribution in [3.8, 4) is 5.75 Å². The molecule has 3 aromatic rings. The third-order valence-corrected chi connectivity index (χ3v) is 5.13. The summed E-state index contributed by atoms with van der Waals surface area (Å²) in [6, 6.07) is 12.0. The van der Waals surface area contributed by atoms with E-state index in [2.05, 4.69) is 4.98 Å². The molecule has 1 fully saturated rings. The number of para-hydroxylation sites is 1. The predicted octanol–water partition coefficient (Wildman–Crippen LogP) is 4.68. The van der Waals surface area contributed by atoms with Crippen LogP contribution in [0.5, 0.6) is 5.75 Å². The van der Waals surface area contributed by atoms with Crippen LogP contribution in [0.2, 0.25) is 0 Å². The average Bonchev–Trinajstić information content (AvgIpc) is 3.21. The van der Waals surface area contributed by atoms with E-state index < -0.39 is 5.82 Å². The summed E-state index contributed by atoms with van der Waals surface area (Å²) in [6.45, 7) is 0.306. The van der Waals surface area contributed by atoms with Gasteiger partial charge in [0.2, 0.25) is 5.89 Å². The van der Waals surface area contributed by atoms with Gasteiger partial charge >= 0.3 is 0 Å². The minimum Gasteiger partial charge on any atom is -0.481 e. The Morgan fingerprint density at radius 2 is 2.03 bits per heavy atom. The van der Waals surface area contributed by atoms with Crippen molar-refractivity contribution in [2.45, 2.75) is 31.7 Å². The summed E-state index contributed by atoms with van der Waals surface area (Å²) in [4.78, 5) is 18.8. The van der Waals surface area contributed by atoms with Crippen LogP contribution in [-0.2, 0) is 11.2 Å². The zero-order chi connectivity index (χ0) is 20.9. The maximum absolute atomic E-state index is 13.7. The number of hydrogen-bond donors (Lipinski definition) is 0. The first-order valence-electron chi connectivity index (χ1n) is 9.96. The van der Waals surface area contributed by atoms with Crippen molar-refractivity contribution >= 4 is 5.91 Å². The summed E-state index contributed by atoms with van der Waals surface area (Å²) in [7, 11) is 0. The Morgan fingerprint density at radius 1 is 1.17 bits per heavy atom. The van der Waals surface area contributed by atoms with Gasteiger partial charge in [-0.2, -0.15) is 0 Å². The number of rotatable bonds is 6. The third kappa shape index (κ3) is 4.67. The lowest BCUT2D eigenvalue weighted by atomic mass is 10.0. The summed E-state index contributed by atoms with van der Waals surface area (Å²) in [5.41, 5.74) is 0.785. The van der Waals surface area contributed by atoms with Gasteiger partial charge in [-0.05, 0) is 49.1 Å². The van der Waals surface area contributed by atoms with Crippen LogP contribution in [0, 0.1) is 11.6 Å². The zero-order valence-corrected chi connectivity index (χ0v) is 16.4. The van der Waals surface area contributed by atoms with E-state index in [4.69, 9.17) is 9.15 Å². The molecule has 0 saturated carbocycles. The van der Waals surface area contributed by atoms with Crippen LogP contribution in [0.4, 0.5) is 8.78 Å². The molecule has 0 radical (unpaired) electrons. The molecule has 0 aliphatic carbocycles. The first kappa shape index (κ1) is 20.1. The maximum Gasteiger partial charge on any atom is 0.261 e. The molecule has 1 aliphatic heterocycles. The van der Waals surface area contributed by atoms with E-state index >= 15 is 0 Å². The van der Waals surface area contributed by atoms with Crippen molar-refractivity contribution in [2.75, 3.05) is 13.2 Å². The molecule has 156 valence electrons. The summed E-state index contributed by atoms with van der Waals surface area (Å²) in [5.74, 6) is 0.0681. The van der Waals surface area contributed by atoms with Crippen LogP contribution in [-0.4, -0.2) is 28.9 Å². The molecule has 1 atom stereocenters. The molecule has 2 aromatic carbocycles. The van der Waals surface area contributed by atoms with E-state index in [1.54, 1.807) is 29.3 Å². The van der Waals surface area contributed by atoms with E-state index in [-0.39, 0.29) is 30.1 Å². The molecular formula is C23H22F2N2O3. The molecule has 1 saturated heterocycles. The minimum absolute atomic E-state index is 0.0490. The summed E-state index contributed by atoms with van der Waals surface area (Å²) in [5, 5.41) is 0. The average molecular weight is 412 g/mol. The Labute approximate surface area is 173 Å². The van der Waals surface area contributed by atoms with Crippen LogP contribution in [0.1, 0.15) is 42.5 Å². The fraction of sp³-hybridized carbons (Fsp3) is 0.304. The number of hydrogen-bond acceptors (Lipinski definition) is 4. The Kier molecular flexibility index (Phi) is 6.07. The van der Waals surface area contributed by atoms with Gasteiger partial charge in [0.1, 0.15) is 17.6 Å². The van der Waals surface area contributed by atoms with Crippen LogP contribution < -0.4 is 4.74 Å². The molecule has 0 spiro atoms. The second-order valence-electron chi connectivity index (χ2n) is 7.29. The summed E-state index contributed by atoms with van der Waals surface area (Å²) >= 11 is 0. The number of likely N-dealkylation sites (tertiary alicyclic amines) is 1. The Morgan fingerprint density at radius 3 is 2.87 bits per heavy atom. The second-order valence-corrected chi connectivity index (χ2v) is 7.29. The lowest BCUT2D eigenvalue weighted by Crippen LogP contribution is -2.41. The molecule has 5 nitrogen and oxygen atoms in total. The predicted molar refractivity (Wildman–Crippen MR) is 106 cm³/mol. The monoisotopic (exact) mass is 412 g/mol. The molecule has 7 heteroatoms. The highest BCUT2D eigenvalue weighted by Gasteiger charge is 2.31. The molecule has 30 heavy (non-hydrogen) atoms. The number of carbonyl (C=O) groups excluding carboxylic acids is 1. The van der Waals surface area contributed by atoms with Gasteiger partial charge in [0.15, 0.2) is 18.2 Å². The molecule has 1 amide bonds. The maximum atomic E-state index is 13.7. The quantitative estimate of drug-likeness (QED) is 0.590. The lowest BCUT2D eigenvalue weighted by molar-refractivity contribution is -0.137. The molecule has 0 N–H and O–H groups in total. The first-order chi connectivity index (χ1) is 14.6. The number of amides is 1. The van der Waals surface area contributed by atoms with Crippen LogP contribution >= 0.6 is 0 Å².